The third-order valence-corrected chi connectivity index (χ3v) is 4.57. The van der Waals surface area contributed by atoms with Gasteiger partial charge in [-0.2, -0.15) is 0 Å². The van der Waals surface area contributed by atoms with Crippen LogP contribution < -0.4 is 0 Å². The molecule has 0 aliphatic carbocycles. The Bertz CT molecular complexity index is 674. The smallest absolute Gasteiger partial charge is 0.412 e. The van der Waals surface area contributed by atoms with Crippen molar-refractivity contribution < 1.29 is 14.3 Å². The number of rotatable bonds is 2. The van der Waals surface area contributed by atoms with E-state index < -0.39 is 17.7 Å². The largest absolute Gasteiger partial charge is 0.444 e. The zero-order valence-electron chi connectivity index (χ0n) is 16.7. The molecule has 1 saturated heterocycles. The van der Waals surface area contributed by atoms with Gasteiger partial charge in [0.15, 0.2) is 0 Å². The minimum Gasteiger partial charge on any atom is -0.444 e. The molecule has 6 heteroatoms. The molecule has 1 aliphatic rings. The van der Waals surface area contributed by atoms with Gasteiger partial charge in [-0.25, -0.2) is 4.79 Å². The van der Waals surface area contributed by atoms with Gasteiger partial charge in [0.25, 0.3) is 0 Å². The molecule has 2 amide bonds. The van der Waals surface area contributed by atoms with E-state index >= 15 is 0 Å². The van der Waals surface area contributed by atoms with Gasteiger partial charge in [0, 0.05) is 23.9 Å². The molecule has 0 spiro atoms. The van der Waals surface area contributed by atoms with Gasteiger partial charge in [-0.3, -0.25) is 9.69 Å². The number of carbonyl (C=O) groups excluding carboxylic acids is 2. The molecule has 5 nitrogen and oxygen atoms in total. The van der Waals surface area contributed by atoms with Crippen LogP contribution >= 0.6 is 11.6 Å². The summed E-state index contributed by atoms with van der Waals surface area (Å²) in [6.45, 7) is 11.5. The van der Waals surface area contributed by atoms with Crippen molar-refractivity contribution in [3.05, 3.63) is 34.9 Å². The Morgan fingerprint density at radius 1 is 1.12 bits per heavy atom. The van der Waals surface area contributed by atoms with E-state index in [9.17, 15) is 9.59 Å². The van der Waals surface area contributed by atoms with Crippen LogP contribution in [0.1, 0.15) is 47.1 Å². The number of carbonyl (C=O) groups is 2. The Kier molecular flexibility index (Phi) is 5.62. The standard InChI is InChI=1S/C20H29ClN2O3/c1-19(2,3)17-22(7)16(24)15(12-13-8-10-14(21)11-9-13)23(17)18(25)26-20(4,5)6/h8-11,15,17H,12H2,1-7H3/t15-,17-/m0/s1. The minimum atomic E-state index is -0.630. The summed E-state index contributed by atoms with van der Waals surface area (Å²) in [5.74, 6) is -0.0780. The SMILES string of the molecule is CN1C(=O)[C@H](Cc2ccc(Cl)cc2)N(C(=O)OC(C)(C)C)[C@H]1C(C)(C)C. The molecule has 0 aromatic heterocycles. The summed E-state index contributed by atoms with van der Waals surface area (Å²) >= 11 is 5.96. The molecule has 0 unspecified atom stereocenters. The quantitative estimate of drug-likeness (QED) is 0.767. The van der Waals surface area contributed by atoms with Crippen molar-refractivity contribution in [1.82, 2.24) is 9.80 Å². The van der Waals surface area contributed by atoms with E-state index in [1.54, 1.807) is 29.0 Å². The first kappa shape index (κ1) is 20.6. The molecule has 1 aliphatic heterocycles. The summed E-state index contributed by atoms with van der Waals surface area (Å²) in [6, 6.07) is 6.75. The van der Waals surface area contributed by atoms with Gasteiger partial charge in [0.2, 0.25) is 5.91 Å². The van der Waals surface area contributed by atoms with Crippen LogP contribution in [0.15, 0.2) is 24.3 Å². The number of hydrogen-bond donors (Lipinski definition) is 0. The van der Waals surface area contributed by atoms with Gasteiger partial charge in [0.05, 0.1) is 0 Å². The number of ether oxygens (including phenoxy) is 1. The lowest BCUT2D eigenvalue weighted by molar-refractivity contribution is -0.129. The summed E-state index contributed by atoms with van der Waals surface area (Å²) in [4.78, 5) is 29.2. The van der Waals surface area contributed by atoms with Crippen molar-refractivity contribution in [3.8, 4) is 0 Å². The highest BCUT2D eigenvalue weighted by Gasteiger charge is 2.52. The maximum absolute atomic E-state index is 13.0. The van der Waals surface area contributed by atoms with E-state index in [1.165, 1.54) is 0 Å². The van der Waals surface area contributed by atoms with E-state index in [-0.39, 0.29) is 17.5 Å². The third-order valence-electron chi connectivity index (χ3n) is 4.32. The third kappa shape index (κ3) is 4.50. The predicted octanol–water partition coefficient (Wildman–Crippen LogP) is 4.33. The lowest BCUT2D eigenvalue weighted by Gasteiger charge is -2.39. The predicted molar refractivity (Wildman–Crippen MR) is 103 cm³/mol. The first-order valence-electron chi connectivity index (χ1n) is 8.84. The second-order valence-corrected chi connectivity index (χ2v) is 9.36. The fraction of sp³-hybridized carbons (Fsp3) is 0.600. The number of amides is 2. The molecule has 1 fully saturated rings. The minimum absolute atomic E-state index is 0.0780. The molecular formula is C20H29ClN2O3. The van der Waals surface area contributed by atoms with Crippen LogP contribution in [0.2, 0.25) is 5.02 Å². The normalized spacial score (nSPS) is 21.3. The van der Waals surface area contributed by atoms with Gasteiger partial charge in [-0.1, -0.05) is 44.5 Å². The fourth-order valence-corrected chi connectivity index (χ4v) is 3.53. The lowest BCUT2D eigenvalue weighted by atomic mass is 9.91. The molecule has 2 atom stereocenters. The number of nitrogens with zero attached hydrogens (tertiary/aromatic N) is 2. The second-order valence-electron chi connectivity index (χ2n) is 8.92. The maximum Gasteiger partial charge on any atom is 0.412 e. The van der Waals surface area contributed by atoms with Crippen LogP contribution in [-0.2, 0) is 16.0 Å². The zero-order chi connectivity index (χ0) is 19.9. The van der Waals surface area contributed by atoms with Gasteiger partial charge >= 0.3 is 6.09 Å². The molecule has 0 N–H and O–H groups in total. The maximum atomic E-state index is 13.0. The van der Waals surface area contributed by atoms with Gasteiger partial charge < -0.3 is 9.64 Å². The van der Waals surface area contributed by atoms with Crippen LogP contribution in [0.25, 0.3) is 0 Å². The molecule has 1 aromatic rings. The van der Waals surface area contributed by atoms with E-state index in [0.717, 1.165) is 5.56 Å². The van der Waals surface area contributed by atoms with Crippen LogP contribution in [0.4, 0.5) is 4.79 Å². The molecule has 144 valence electrons. The average Bonchev–Trinajstić information content (AvgIpc) is 2.72. The summed E-state index contributed by atoms with van der Waals surface area (Å²) < 4.78 is 5.62. The molecule has 26 heavy (non-hydrogen) atoms. The Balaban J connectivity index is 2.40. The number of benzene rings is 1. The lowest BCUT2D eigenvalue weighted by Crippen LogP contribution is -2.52. The molecule has 0 saturated carbocycles. The highest BCUT2D eigenvalue weighted by Crippen LogP contribution is 2.36. The van der Waals surface area contributed by atoms with Crippen molar-refractivity contribution in [3.63, 3.8) is 0 Å². The molecule has 2 rings (SSSR count). The summed E-state index contributed by atoms with van der Waals surface area (Å²) in [5.41, 5.74) is 0.00852. The fourth-order valence-electron chi connectivity index (χ4n) is 3.40. The van der Waals surface area contributed by atoms with Crippen molar-refractivity contribution in [2.24, 2.45) is 5.41 Å². The van der Waals surface area contributed by atoms with Crippen molar-refractivity contribution in [1.29, 1.82) is 0 Å². The van der Waals surface area contributed by atoms with Crippen LogP contribution in [0.3, 0.4) is 0 Å². The summed E-state index contributed by atoms with van der Waals surface area (Å²) in [6.07, 6.45) is -0.414. The van der Waals surface area contributed by atoms with E-state index in [0.29, 0.717) is 11.4 Å². The molecule has 0 bridgehead atoms. The van der Waals surface area contributed by atoms with Crippen LogP contribution in [0, 0.1) is 5.41 Å². The van der Waals surface area contributed by atoms with Crippen molar-refractivity contribution >= 4 is 23.6 Å². The zero-order valence-corrected chi connectivity index (χ0v) is 17.4. The topological polar surface area (TPSA) is 49.9 Å². The van der Waals surface area contributed by atoms with E-state index in [2.05, 4.69) is 0 Å². The van der Waals surface area contributed by atoms with Gasteiger partial charge in [-0.05, 0) is 38.5 Å². The molecular weight excluding hydrogens is 352 g/mol. The monoisotopic (exact) mass is 380 g/mol. The van der Waals surface area contributed by atoms with Gasteiger partial charge in [-0.15, -0.1) is 0 Å². The Morgan fingerprint density at radius 3 is 2.12 bits per heavy atom. The summed E-state index contributed by atoms with van der Waals surface area (Å²) in [7, 11) is 1.75. The van der Waals surface area contributed by atoms with Crippen molar-refractivity contribution in [2.75, 3.05) is 7.05 Å². The summed E-state index contributed by atoms with van der Waals surface area (Å²) in [5, 5.41) is 0.639. The average molecular weight is 381 g/mol. The van der Waals surface area contributed by atoms with Crippen molar-refractivity contribution in [2.45, 2.75) is 65.8 Å². The number of halogens is 1. The van der Waals surface area contributed by atoms with Gasteiger partial charge in [0.1, 0.15) is 17.8 Å². The number of hydrogen-bond acceptors (Lipinski definition) is 3. The highest BCUT2D eigenvalue weighted by molar-refractivity contribution is 6.30. The molecule has 1 aromatic carbocycles. The van der Waals surface area contributed by atoms with E-state index in [1.807, 2.05) is 53.7 Å². The Morgan fingerprint density at radius 2 is 1.65 bits per heavy atom. The van der Waals surface area contributed by atoms with Crippen LogP contribution in [-0.4, -0.2) is 46.7 Å². The van der Waals surface area contributed by atoms with E-state index in [4.69, 9.17) is 16.3 Å². The molecule has 1 heterocycles. The highest BCUT2D eigenvalue weighted by atomic mass is 35.5. The first-order chi connectivity index (χ1) is 11.8. The Hall–Kier alpha value is -1.75. The Labute approximate surface area is 161 Å². The number of likely N-dealkylation sites (N-methyl/N-ethyl adjacent to an activating group) is 1. The van der Waals surface area contributed by atoms with Crippen LogP contribution in [0.5, 0.6) is 0 Å². The second kappa shape index (κ2) is 7.10. The molecule has 0 radical (unpaired) electrons. The first-order valence-corrected chi connectivity index (χ1v) is 9.21.